The van der Waals surface area contributed by atoms with Crippen LogP contribution in [-0.4, -0.2) is 38.5 Å². The minimum atomic E-state index is -1.11. The first-order valence-corrected chi connectivity index (χ1v) is 9.72. The molecule has 0 aromatic carbocycles. The van der Waals surface area contributed by atoms with Gasteiger partial charge in [0.05, 0.1) is 24.2 Å². The van der Waals surface area contributed by atoms with E-state index >= 15 is 0 Å². The molecule has 0 saturated heterocycles. The number of aromatic nitrogens is 2. The van der Waals surface area contributed by atoms with E-state index in [1.165, 1.54) is 13.8 Å². The zero-order chi connectivity index (χ0) is 21.8. The van der Waals surface area contributed by atoms with Crippen LogP contribution < -0.4 is 10.7 Å². The number of aromatic amines is 2. The van der Waals surface area contributed by atoms with Crippen molar-refractivity contribution in [3.8, 4) is 0 Å². The molecule has 0 spiro atoms. The average molecular weight is 397 g/mol. The van der Waals surface area contributed by atoms with Gasteiger partial charge in [-0.1, -0.05) is 0 Å². The molecule has 3 aliphatic heterocycles. The number of H-pyrrole nitrogens is 2. The molecule has 5 heterocycles. The van der Waals surface area contributed by atoms with Gasteiger partial charge in [0.1, 0.15) is 5.54 Å². The number of hydrogen-bond donors (Lipinski definition) is 2. The first-order valence-electron chi connectivity index (χ1n) is 10.2. The molecule has 2 aromatic rings. The lowest BCUT2D eigenvalue weighted by atomic mass is 9.90. The van der Waals surface area contributed by atoms with Crippen molar-refractivity contribution in [1.82, 2.24) is 9.97 Å². The molecule has 2 aromatic heterocycles. The van der Waals surface area contributed by atoms with Crippen LogP contribution in [0.3, 0.4) is 0 Å². The Balaban J connectivity index is 1.77. The van der Waals surface area contributed by atoms with Crippen LogP contribution in [0, 0.1) is 0 Å². The number of rotatable bonds is 2. The van der Waals surface area contributed by atoms with Gasteiger partial charge in [0.15, 0.2) is 11.6 Å². The molecule has 0 saturated carbocycles. The molecule has 0 aliphatic carbocycles. The smallest absolute Gasteiger partial charge is 0.161 e. The van der Waals surface area contributed by atoms with Gasteiger partial charge in [-0.15, -0.1) is 0 Å². The van der Waals surface area contributed by atoms with Crippen LogP contribution in [0.4, 0.5) is 0 Å². The molecule has 6 heteroatoms. The largest absolute Gasteiger partial charge is 0.358 e. The van der Waals surface area contributed by atoms with Crippen molar-refractivity contribution < 1.29 is 11.0 Å². The molecule has 8 bridgehead atoms. The van der Waals surface area contributed by atoms with Gasteiger partial charge in [0, 0.05) is 28.4 Å². The Labute approximate surface area is 174 Å². The molecule has 6 nitrogen and oxygen atoms in total. The summed E-state index contributed by atoms with van der Waals surface area (Å²) in [5.41, 5.74) is 2.31. The summed E-state index contributed by atoms with van der Waals surface area (Å²) in [5, 5.41) is 1.75. The lowest BCUT2D eigenvalue weighted by Gasteiger charge is -2.20. The highest BCUT2D eigenvalue weighted by atomic mass is 16.1. The molecule has 0 fully saturated rings. The SMILES string of the molecule is [2H]c1c2[nH]c(c1C(C)=O)/C=C1/C=CC(=N1)/C=c1/cc/c([nH]1)=C/C1=NC(C(C)=O)(C=C1)C2. The van der Waals surface area contributed by atoms with E-state index < -0.39 is 5.54 Å². The summed E-state index contributed by atoms with van der Waals surface area (Å²) in [6.07, 6.45) is 13.1. The van der Waals surface area contributed by atoms with Gasteiger partial charge >= 0.3 is 0 Å². The van der Waals surface area contributed by atoms with Crippen LogP contribution in [0.25, 0.3) is 18.2 Å². The van der Waals surface area contributed by atoms with Crippen LogP contribution >= 0.6 is 0 Å². The van der Waals surface area contributed by atoms with E-state index in [-0.39, 0.29) is 29.6 Å². The van der Waals surface area contributed by atoms with Gasteiger partial charge in [0.2, 0.25) is 0 Å². The van der Waals surface area contributed by atoms with Crippen LogP contribution in [0.2, 0.25) is 0 Å². The van der Waals surface area contributed by atoms with Crippen molar-refractivity contribution in [1.29, 1.82) is 0 Å². The predicted octanol–water partition coefficient (Wildman–Crippen LogP) is 2.05. The lowest BCUT2D eigenvalue weighted by molar-refractivity contribution is -0.120. The number of Topliss-reactive ketones (excluding diaryl/α,β-unsaturated/α-hetero) is 2. The van der Waals surface area contributed by atoms with E-state index in [9.17, 15) is 9.59 Å². The third-order valence-corrected chi connectivity index (χ3v) is 5.41. The standard InChI is InChI=1S/C24H20N4O2/c1-14(29)22-11-21-13-24(15(2)30)8-7-20(28-24)10-18-4-3-16(25-18)9-17-5-6-19(26-17)12-23(22)27-21/h3-12,25,27H,13H2,1-2H3/b16-9-,18-10-,19-12-/i11D. The van der Waals surface area contributed by atoms with E-state index in [1.54, 1.807) is 12.2 Å². The third kappa shape index (κ3) is 3.16. The maximum atomic E-state index is 12.6. The lowest BCUT2D eigenvalue weighted by Crippen LogP contribution is -2.34. The summed E-state index contributed by atoms with van der Waals surface area (Å²) in [7, 11) is 0. The van der Waals surface area contributed by atoms with Crippen molar-refractivity contribution in [2.75, 3.05) is 0 Å². The highest BCUT2D eigenvalue weighted by molar-refractivity contribution is 6.21. The topological polar surface area (TPSA) is 90.4 Å². The molecule has 1 atom stereocenters. The quantitative estimate of drug-likeness (QED) is 0.760. The number of fused-ring (bicyclic) bond motifs is 6. The van der Waals surface area contributed by atoms with Crippen molar-refractivity contribution in [3.05, 3.63) is 75.8 Å². The minimum Gasteiger partial charge on any atom is -0.358 e. The second kappa shape index (κ2) is 6.62. The van der Waals surface area contributed by atoms with Gasteiger partial charge in [-0.25, -0.2) is 4.99 Å². The number of hydrogen-bond acceptors (Lipinski definition) is 4. The summed E-state index contributed by atoms with van der Waals surface area (Å²) in [5.74, 6) is -0.343. The van der Waals surface area contributed by atoms with Crippen LogP contribution in [0.5, 0.6) is 0 Å². The Hall–Kier alpha value is -3.80. The zero-order valence-corrected chi connectivity index (χ0v) is 16.6. The fourth-order valence-corrected chi connectivity index (χ4v) is 3.87. The zero-order valence-electron chi connectivity index (χ0n) is 17.6. The Morgan fingerprint density at radius 1 is 1.03 bits per heavy atom. The molecule has 5 rings (SSSR count). The van der Waals surface area contributed by atoms with E-state index in [2.05, 4.69) is 15.0 Å². The Morgan fingerprint density at radius 3 is 2.53 bits per heavy atom. The molecular weight excluding hydrogens is 376 g/mol. The number of carbonyl (C=O) groups excluding carboxylic acids is 2. The summed E-state index contributed by atoms with van der Waals surface area (Å²) < 4.78 is 8.59. The summed E-state index contributed by atoms with van der Waals surface area (Å²) in [6, 6.07) is 4.00. The number of aliphatic imine (C=N–C) groups is 2. The molecule has 30 heavy (non-hydrogen) atoms. The summed E-state index contributed by atoms with van der Waals surface area (Å²) in [4.78, 5) is 40.7. The van der Waals surface area contributed by atoms with Crippen LogP contribution in [0.15, 0.2) is 58.2 Å². The van der Waals surface area contributed by atoms with Gasteiger partial charge in [-0.2, -0.15) is 0 Å². The molecule has 2 N–H and O–H groups in total. The predicted molar refractivity (Wildman–Crippen MR) is 118 cm³/mol. The highest BCUT2D eigenvalue weighted by Crippen LogP contribution is 2.28. The Bertz CT molecular complexity index is 1430. The maximum Gasteiger partial charge on any atom is 0.161 e. The van der Waals surface area contributed by atoms with Crippen LogP contribution in [0.1, 0.15) is 37.0 Å². The monoisotopic (exact) mass is 397 g/mol. The summed E-state index contributed by atoms with van der Waals surface area (Å²) >= 11 is 0. The van der Waals surface area contributed by atoms with Crippen LogP contribution in [-0.2, 0) is 11.2 Å². The van der Waals surface area contributed by atoms with E-state index in [0.29, 0.717) is 22.8 Å². The fraction of sp³-hybridized carbons (Fsp3) is 0.167. The Morgan fingerprint density at radius 2 is 1.80 bits per heavy atom. The van der Waals surface area contributed by atoms with E-state index in [1.807, 2.05) is 42.5 Å². The third-order valence-electron chi connectivity index (χ3n) is 5.41. The Kier molecular flexibility index (Phi) is 3.77. The number of allylic oxidation sites excluding steroid dienone is 3. The first kappa shape index (κ1) is 17.1. The molecule has 3 aliphatic rings. The van der Waals surface area contributed by atoms with Crippen molar-refractivity contribution in [3.63, 3.8) is 0 Å². The highest BCUT2D eigenvalue weighted by Gasteiger charge is 2.36. The second-order valence-electron chi connectivity index (χ2n) is 7.70. The summed E-state index contributed by atoms with van der Waals surface area (Å²) in [6.45, 7) is 2.93. The van der Waals surface area contributed by atoms with Gasteiger partial charge < -0.3 is 9.97 Å². The first-order chi connectivity index (χ1) is 14.8. The number of carbonyl (C=O) groups is 2. The molecular formula is C24H20N4O2. The number of nitrogens with zero attached hydrogens (tertiary/aromatic N) is 2. The fourth-order valence-electron chi connectivity index (χ4n) is 3.87. The molecule has 0 amide bonds. The van der Waals surface area contributed by atoms with Crippen molar-refractivity contribution in [2.24, 2.45) is 9.98 Å². The van der Waals surface area contributed by atoms with Gasteiger partial charge in [-0.05, 0) is 74.6 Å². The van der Waals surface area contributed by atoms with Crippen molar-refractivity contribution >= 4 is 41.2 Å². The number of nitrogens with one attached hydrogen (secondary N) is 2. The van der Waals surface area contributed by atoms with Crippen molar-refractivity contribution in [2.45, 2.75) is 25.8 Å². The van der Waals surface area contributed by atoms with E-state index in [0.717, 1.165) is 16.4 Å². The van der Waals surface area contributed by atoms with Gasteiger partial charge in [-0.3, -0.25) is 14.6 Å². The minimum absolute atomic E-state index is 0.0941. The normalized spacial score (nSPS) is 25.9. The maximum absolute atomic E-state index is 12.6. The molecule has 0 radical (unpaired) electrons. The number of ketones is 2. The molecule has 1 unspecified atom stereocenters. The average Bonchev–Trinajstić information content (AvgIpc) is 3.46. The second-order valence-corrected chi connectivity index (χ2v) is 7.70. The van der Waals surface area contributed by atoms with Gasteiger partial charge in [0.25, 0.3) is 0 Å². The molecule has 148 valence electrons. The van der Waals surface area contributed by atoms with E-state index in [4.69, 9.17) is 6.36 Å².